The van der Waals surface area contributed by atoms with Gasteiger partial charge in [0, 0.05) is 37.4 Å². The summed E-state index contributed by atoms with van der Waals surface area (Å²) in [4.78, 5) is 16.7. The molecule has 0 spiro atoms. The zero-order chi connectivity index (χ0) is 16.3. The molecule has 0 atom stereocenters. The normalized spacial score (nSPS) is 16.9. The van der Waals surface area contributed by atoms with Gasteiger partial charge in [0.15, 0.2) is 0 Å². The van der Waals surface area contributed by atoms with Gasteiger partial charge in [0.2, 0.25) is 0 Å². The second kappa shape index (κ2) is 6.69. The molecule has 1 aromatic carbocycles. The first kappa shape index (κ1) is 16.8. The third kappa shape index (κ3) is 4.23. The summed E-state index contributed by atoms with van der Waals surface area (Å²) in [6.45, 7) is 14.4. The Morgan fingerprint density at radius 2 is 1.59 bits per heavy atom. The summed E-state index contributed by atoms with van der Waals surface area (Å²) < 4.78 is 0. The van der Waals surface area contributed by atoms with Gasteiger partial charge in [-0.2, -0.15) is 0 Å². The Morgan fingerprint density at radius 1 is 1.05 bits per heavy atom. The SMILES string of the molecule is CC(C)c1ccc(NC(=O)N2CCN(C(C)(C)C)CC2)cc1. The van der Waals surface area contributed by atoms with Gasteiger partial charge < -0.3 is 10.2 Å². The lowest BCUT2D eigenvalue weighted by molar-refractivity contribution is 0.0774. The van der Waals surface area contributed by atoms with Gasteiger partial charge in [0.1, 0.15) is 0 Å². The highest BCUT2D eigenvalue weighted by Crippen LogP contribution is 2.19. The van der Waals surface area contributed by atoms with E-state index >= 15 is 0 Å². The molecule has 0 unspecified atom stereocenters. The Morgan fingerprint density at radius 3 is 2.05 bits per heavy atom. The summed E-state index contributed by atoms with van der Waals surface area (Å²) in [5.74, 6) is 0.509. The Balaban J connectivity index is 1.88. The van der Waals surface area contributed by atoms with Gasteiger partial charge in [-0.1, -0.05) is 26.0 Å². The highest BCUT2D eigenvalue weighted by molar-refractivity contribution is 5.89. The van der Waals surface area contributed by atoms with Crippen molar-refractivity contribution in [2.24, 2.45) is 0 Å². The largest absolute Gasteiger partial charge is 0.322 e. The van der Waals surface area contributed by atoms with Gasteiger partial charge in [0.25, 0.3) is 0 Å². The third-order valence-corrected chi connectivity index (χ3v) is 4.34. The molecule has 0 aliphatic carbocycles. The van der Waals surface area contributed by atoms with Gasteiger partial charge in [-0.25, -0.2) is 4.79 Å². The monoisotopic (exact) mass is 303 g/mol. The molecular formula is C18H29N3O. The first-order chi connectivity index (χ1) is 10.3. The predicted octanol–water partition coefficient (Wildman–Crippen LogP) is 3.76. The van der Waals surface area contributed by atoms with E-state index in [0.29, 0.717) is 5.92 Å². The maximum atomic E-state index is 12.3. The fraction of sp³-hybridized carbons (Fsp3) is 0.611. The molecule has 4 nitrogen and oxygen atoms in total. The summed E-state index contributed by atoms with van der Waals surface area (Å²) in [6.07, 6.45) is 0. The summed E-state index contributed by atoms with van der Waals surface area (Å²) in [7, 11) is 0. The van der Waals surface area contributed by atoms with Crippen LogP contribution in [0.5, 0.6) is 0 Å². The average molecular weight is 303 g/mol. The van der Waals surface area contributed by atoms with Crippen molar-refractivity contribution in [2.75, 3.05) is 31.5 Å². The molecule has 1 aliphatic rings. The maximum absolute atomic E-state index is 12.3. The fourth-order valence-electron chi connectivity index (χ4n) is 2.73. The minimum Gasteiger partial charge on any atom is -0.322 e. The first-order valence-electron chi connectivity index (χ1n) is 8.18. The number of carbonyl (C=O) groups excluding carboxylic acids is 1. The molecule has 2 amide bonds. The number of nitrogens with zero attached hydrogens (tertiary/aromatic N) is 2. The van der Waals surface area contributed by atoms with Gasteiger partial charge in [0.05, 0.1) is 0 Å². The number of hydrogen-bond donors (Lipinski definition) is 1. The van der Waals surface area contributed by atoms with Crippen LogP contribution >= 0.6 is 0 Å². The van der Waals surface area contributed by atoms with Crippen LogP contribution in [0.4, 0.5) is 10.5 Å². The molecule has 0 saturated carbocycles. The van der Waals surface area contributed by atoms with Crippen molar-refractivity contribution in [1.82, 2.24) is 9.80 Å². The molecule has 122 valence electrons. The summed E-state index contributed by atoms with van der Waals surface area (Å²) in [5, 5.41) is 3.00. The Bertz CT molecular complexity index is 494. The van der Waals surface area contributed by atoms with Gasteiger partial charge in [-0.3, -0.25) is 4.90 Å². The number of nitrogens with one attached hydrogen (secondary N) is 1. The molecule has 22 heavy (non-hydrogen) atoms. The molecule has 0 radical (unpaired) electrons. The lowest BCUT2D eigenvalue weighted by atomic mass is 10.0. The van der Waals surface area contributed by atoms with E-state index in [-0.39, 0.29) is 11.6 Å². The van der Waals surface area contributed by atoms with Crippen molar-refractivity contribution >= 4 is 11.7 Å². The number of hydrogen-bond acceptors (Lipinski definition) is 2. The molecule has 1 fully saturated rings. The minimum atomic E-state index is 0.00542. The van der Waals surface area contributed by atoms with E-state index in [1.165, 1.54) is 5.56 Å². The molecule has 1 N–H and O–H groups in total. The highest BCUT2D eigenvalue weighted by Gasteiger charge is 2.27. The van der Waals surface area contributed by atoms with Crippen molar-refractivity contribution < 1.29 is 4.79 Å². The zero-order valence-electron chi connectivity index (χ0n) is 14.5. The number of anilines is 1. The lowest BCUT2D eigenvalue weighted by Gasteiger charge is -2.42. The number of rotatable bonds is 2. The molecule has 1 aromatic rings. The van der Waals surface area contributed by atoms with E-state index in [1.807, 2.05) is 17.0 Å². The average Bonchev–Trinajstić information content (AvgIpc) is 2.47. The minimum absolute atomic E-state index is 0.00542. The second-order valence-corrected chi connectivity index (χ2v) is 7.35. The van der Waals surface area contributed by atoms with E-state index in [4.69, 9.17) is 0 Å². The number of carbonyl (C=O) groups is 1. The molecule has 0 bridgehead atoms. The smallest absolute Gasteiger partial charge is 0.321 e. The van der Waals surface area contributed by atoms with Crippen LogP contribution in [-0.2, 0) is 0 Å². The molecular weight excluding hydrogens is 274 g/mol. The topological polar surface area (TPSA) is 35.6 Å². The van der Waals surface area contributed by atoms with E-state index in [1.54, 1.807) is 0 Å². The van der Waals surface area contributed by atoms with Crippen molar-refractivity contribution in [1.29, 1.82) is 0 Å². The number of urea groups is 1. The maximum Gasteiger partial charge on any atom is 0.321 e. The Labute approximate surface area is 134 Å². The zero-order valence-corrected chi connectivity index (χ0v) is 14.5. The standard InChI is InChI=1S/C18H29N3O/c1-14(2)15-6-8-16(9-7-15)19-17(22)20-10-12-21(13-11-20)18(3,4)5/h6-9,14H,10-13H2,1-5H3,(H,19,22). The van der Waals surface area contributed by atoms with Crippen molar-refractivity contribution in [3.63, 3.8) is 0 Å². The van der Waals surface area contributed by atoms with Crippen molar-refractivity contribution in [3.05, 3.63) is 29.8 Å². The van der Waals surface area contributed by atoms with Crippen LogP contribution in [0.1, 0.15) is 46.1 Å². The van der Waals surface area contributed by atoms with E-state index in [9.17, 15) is 4.79 Å². The Kier molecular flexibility index (Phi) is 5.12. The third-order valence-electron chi connectivity index (χ3n) is 4.34. The van der Waals surface area contributed by atoms with Crippen molar-refractivity contribution in [2.45, 2.75) is 46.1 Å². The number of benzene rings is 1. The van der Waals surface area contributed by atoms with Crippen LogP contribution in [0.3, 0.4) is 0 Å². The highest BCUT2D eigenvalue weighted by atomic mass is 16.2. The molecule has 2 rings (SSSR count). The summed E-state index contributed by atoms with van der Waals surface area (Å²) in [5.41, 5.74) is 2.33. The van der Waals surface area contributed by atoms with E-state index in [0.717, 1.165) is 31.9 Å². The second-order valence-electron chi connectivity index (χ2n) is 7.35. The summed E-state index contributed by atoms with van der Waals surface area (Å²) >= 11 is 0. The molecule has 1 heterocycles. The molecule has 4 heteroatoms. The Hall–Kier alpha value is -1.55. The van der Waals surface area contributed by atoms with Gasteiger partial charge in [-0.15, -0.1) is 0 Å². The number of piperazine rings is 1. The van der Waals surface area contributed by atoms with Crippen LogP contribution in [0.25, 0.3) is 0 Å². The predicted molar refractivity (Wildman–Crippen MR) is 92.4 cm³/mol. The van der Waals surface area contributed by atoms with Crippen LogP contribution in [0, 0.1) is 0 Å². The van der Waals surface area contributed by atoms with Gasteiger partial charge >= 0.3 is 6.03 Å². The molecule has 1 saturated heterocycles. The lowest BCUT2D eigenvalue weighted by Crippen LogP contribution is -2.55. The molecule has 0 aromatic heterocycles. The van der Waals surface area contributed by atoms with E-state index < -0.39 is 0 Å². The quantitative estimate of drug-likeness (QED) is 0.903. The van der Waals surface area contributed by atoms with Crippen LogP contribution < -0.4 is 5.32 Å². The number of amides is 2. The van der Waals surface area contributed by atoms with Crippen LogP contribution in [0.15, 0.2) is 24.3 Å². The van der Waals surface area contributed by atoms with Crippen molar-refractivity contribution in [3.8, 4) is 0 Å². The van der Waals surface area contributed by atoms with Crippen LogP contribution in [0.2, 0.25) is 0 Å². The molecule has 1 aliphatic heterocycles. The van der Waals surface area contributed by atoms with Gasteiger partial charge in [-0.05, 0) is 44.4 Å². The fourth-order valence-corrected chi connectivity index (χ4v) is 2.73. The summed E-state index contributed by atoms with van der Waals surface area (Å²) in [6, 6.07) is 8.14. The first-order valence-corrected chi connectivity index (χ1v) is 8.18. The van der Waals surface area contributed by atoms with E-state index in [2.05, 4.69) is 57.0 Å². The van der Waals surface area contributed by atoms with Crippen LogP contribution in [-0.4, -0.2) is 47.5 Å².